The molecule has 112 valence electrons. The second-order valence-corrected chi connectivity index (χ2v) is 4.22. The van der Waals surface area contributed by atoms with Crippen molar-refractivity contribution in [3.05, 3.63) is 47.3 Å². The molecular weight excluding hydrogens is 272 g/mol. The summed E-state index contributed by atoms with van der Waals surface area (Å²) in [4.78, 5) is 35.1. The molecular formula is C15H18N2O4. The highest BCUT2D eigenvalue weighted by atomic mass is 16.5. The number of esters is 1. The Morgan fingerprint density at radius 3 is 2.19 bits per heavy atom. The van der Waals surface area contributed by atoms with Crippen molar-refractivity contribution in [2.45, 2.75) is 20.8 Å². The molecule has 1 rings (SSSR count). The number of benzene rings is 1. The summed E-state index contributed by atoms with van der Waals surface area (Å²) < 4.78 is 4.88. The van der Waals surface area contributed by atoms with Gasteiger partial charge in [0.05, 0.1) is 6.61 Å². The minimum atomic E-state index is -0.701. The zero-order chi connectivity index (χ0) is 15.8. The van der Waals surface area contributed by atoms with Gasteiger partial charge in [-0.1, -0.05) is 18.2 Å². The number of carbonyl (C=O) groups is 3. The number of hydrogen-bond acceptors (Lipinski definition) is 4. The molecule has 0 fully saturated rings. The van der Waals surface area contributed by atoms with E-state index >= 15 is 0 Å². The van der Waals surface area contributed by atoms with Gasteiger partial charge in [-0.2, -0.15) is 0 Å². The molecule has 21 heavy (non-hydrogen) atoms. The van der Waals surface area contributed by atoms with Crippen LogP contribution in [0.1, 0.15) is 31.1 Å². The first kappa shape index (κ1) is 16.4. The minimum absolute atomic E-state index is 0.0825. The lowest BCUT2D eigenvalue weighted by Crippen LogP contribution is -2.33. The fourth-order valence-electron chi connectivity index (χ4n) is 1.60. The number of rotatable bonds is 5. The number of allylic oxidation sites excluding steroid dienone is 1. The van der Waals surface area contributed by atoms with Gasteiger partial charge in [0.15, 0.2) is 0 Å². The van der Waals surface area contributed by atoms with Crippen LogP contribution in [0.5, 0.6) is 0 Å². The monoisotopic (exact) mass is 290 g/mol. The Morgan fingerprint density at radius 2 is 1.67 bits per heavy atom. The predicted octanol–water partition coefficient (Wildman–Crippen LogP) is 1.35. The maximum atomic E-state index is 12.1. The third kappa shape index (κ3) is 5.10. The summed E-state index contributed by atoms with van der Waals surface area (Å²) in [6.45, 7) is 4.64. The van der Waals surface area contributed by atoms with Gasteiger partial charge in [-0.15, -0.1) is 0 Å². The number of ether oxygens (including phenoxy) is 1. The number of nitrogens with one attached hydrogen (secondary N) is 2. The molecule has 0 atom stereocenters. The molecule has 6 nitrogen and oxygen atoms in total. The average Bonchev–Trinajstić information content (AvgIpc) is 2.44. The Morgan fingerprint density at radius 1 is 1.05 bits per heavy atom. The molecule has 0 bridgehead atoms. The Kier molecular flexibility index (Phi) is 6.13. The molecule has 0 aliphatic rings. The molecule has 0 unspecified atom stereocenters. The molecule has 0 aromatic heterocycles. The van der Waals surface area contributed by atoms with Crippen molar-refractivity contribution in [1.82, 2.24) is 10.6 Å². The van der Waals surface area contributed by atoms with Crippen LogP contribution in [-0.2, 0) is 14.3 Å². The van der Waals surface area contributed by atoms with E-state index in [0.29, 0.717) is 5.56 Å². The molecule has 2 amide bonds. The summed E-state index contributed by atoms with van der Waals surface area (Å²) in [6, 6.07) is 8.44. The molecule has 0 saturated heterocycles. The second kappa shape index (κ2) is 7.84. The highest BCUT2D eigenvalue weighted by Crippen LogP contribution is 2.05. The van der Waals surface area contributed by atoms with Crippen molar-refractivity contribution in [2.24, 2.45) is 0 Å². The van der Waals surface area contributed by atoms with Crippen LogP contribution in [0.15, 0.2) is 41.7 Å². The Bertz CT molecular complexity index is 564. The van der Waals surface area contributed by atoms with Crippen LogP contribution in [0, 0.1) is 0 Å². The Hall–Kier alpha value is -2.63. The van der Waals surface area contributed by atoms with E-state index in [9.17, 15) is 14.4 Å². The van der Waals surface area contributed by atoms with Crippen molar-refractivity contribution in [3.63, 3.8) is 0 Å². The first-order valence-corrected chi connectivity index (χ1v) is 6.47. The number of carbonyl (C=O) groups excluding carboxylic acids is 3. The van der Waals surface area contributed by atoms with E-state index in [2.05, 4.69) is 10.6 Å². The van der Waals surface area contributed by atoms with Crippen molar-refractivity contribution >= 4 is 17.8 Å². The quantitative estimate of drug-likeness (QED) is 0.633. The summed E-state index contributed by atoms with van der Waals surface area (Å²) >= 11 is 0. The van der Waals surface area contributed by atoms with E-state index in [1.807, 2.05) is 0 Å². The van der Waals surface area contributed by atoms with Crippen LogP contribution >= 0.6 is 0 Å². The molecule has 1 aromatic rings. The molecule has 0 aliphatic carbocycles. The summed E-state index contributed by atoms with van der Waals surface area (Å²) in [5.74, 6) is -1.50. The lowest BCUT2D eigenvalue weighted by Gasteiger charge is -2.13. The van der Waals surface area contributed by atoms with Crippen LogP contribution in [0.3, 0.4) is 0 Å². The van der Waals surface area contributed by atoms with Gasteiger partial charge in [0.1, 0.15) is 5.70 Å². The fraction of sp³-hybridized carbons (Fsp3) is 0.267. The normalized spacial score (nSPS) is 11.2. The highest BCUT2D eigenvalue weighted by molar-refractivity contribution is 6.01. The standard InChI is InChI=1S/C15H18N2O4/c1-4-21-15(20)13(10(2)16-11(3)18)17-14(19)12-8-6-5-7-9-12/h5-9H,4H2,1-3H3,(H,16,18)(H,17,19)/b13-10+. The largest absolute Gasteiger partial charge is 0.461 e. The molecule has 0 spiro atoms. The summed E-state index contributed by atoms with van der Waals surface area (Å²) in [5, 5.41) is 4.94. The lowest BCUT2D eigenvalue weighted by atomic mass is 10.2. The second-order valence-electron chi connectivity index (χ2n) is 4.22. The van der Waals surface area contributed by atoms with Crippen molar-refractivity contribution in [1.29, 1.82) is 0 Å². The maximum Gasteiger partial charge on any atom is 0.356 e. The fourth-order valence-corrected chi connectivity index (χ4v) is 1.60. The van der Waals surface area contributed by atoms with E-state index in [0.717, 1.165) is 0 Å². The molecule has 6 heteroatoms. The van der Waals surface area contributed by atoms with Gasteiger partial charge in [-0.25, -0.2) is 4.79 Å². The number of hydrogen-bond donors (Lipinski definition) is 2. The minimum Gasteiger partial charge on any atom is -0.461 e. The van der Waals surface area contributed by atoms with Crippen LogP contribution in [-0.4, -0.2) is 24.4 Å². The van der Waals surface area contributed by atoms with Gasteiger partial charge in [0, 0.05) is 18.2 Å². The smallest absolute Gasteiger partial charge is 0.356 e. The molecule has 1 aromatic carbocycles. The van der Waals surface area contributed by atoms with Crippen LogP contribution in [0.4, 0.5) is 0 Å². The molecule has 0 heterocycles. The van der Waals surface area contributed by atoms with Crippen LogP contribution in [0.25, 0.3) is 0 Å². The summed E-state index contributed by atoms with van der Waals surface area (Å²) in [6.07, 6.45) is 0. The molecule has 0 saturated carbocycles. The van der Waals surface area contributed by atoms with Crippen molar-refractivity contribution in [2.75, 3.05) is 6.61 Å². The van der Waals surface area contributed by atoms with Gasteiger partial charge in [-0.05, 0) is 26.0 Å². The van der Waals surface area contributed by atoms with E-state index in [1.54, 1.807) is 37.3 Å². The third-order valence-corrected chi connectivity index (χ3v) is 2.49. The molecule has 0 aliphatic heterocycles. The van der Waals surface area contributed by atoms with Gasteiger partial charge in [-0.3, -0.25) is 9.59 Å². The highest BCUT2D eigenvalue weighted by Gasteiger charge is 2.18. The van der Waals surface area contributed by atoms with E-state index in [1.165, 1.54) is 13.8 Å². The maximum absolute atomic E-state index is 12.1. The van der Waals surface area contributed by atoms with E-state index < -0.39 is 11.9 Å². The zero-order valence-electron chi connectivity index (χ0n) is 12.2. The van der Waals surface area contributed by atoms with Crippen molar-refractivity contribution < 1.29 is 19.1 Å². The Balaban J connectivity index is 3.00. The third-order valence-electron chi connectivity index (χ3n) is 2.49. The Labute approximate surface area is 123 Å². The van der Waals surface area contributed by atoms with Gasteiger partial charge in [0.25, 0.3) is 5.91 Å². The van der Waals surface area contributed by atoms with Gasteiger partial charge in [0.2, 0.25) is 5.91 Å². The van der Waals surface area contributed by atoms with Gasteiger partial charge < -0.3 is 15.4 Å². The molecule has 2 N–H and O–H groups in total. The van der Waals surface area contributed by atoms with E-state index in [-0.39, 0.29) is 23.9 Å². The summed E-state index contributed by atoms with van der Waals surface area (Å²) in [7, 11) is 0. The van der Waals surface area contributed by atoms with Crippen LogP contribution < -0.4 is 10.6 Å². The number of amides is 2. The van der Waals surface area contributed by atoms with Crippen molar-refractivity contribution in [3.8, 4) is 0 Å². The average molecular weight is 290 g/mol. The molecule has 0 radical (unpaired) electrons. The lowest BCUT2D eigenvalue weighted by molar-refractivity contribution is -0.138. The van der Waals surface area contributed by atoms with Gasteiger partial charge >= 0.3 is 5.97 Å². The topological polar surface area (TPSA) is 84.5 Å². The van der Waals surface area contributed by atoms with E-state index in [4.69, 9.17) is 4.74 Å². The predicted molar refractivity (Wildman–Crippen MR) is 77.1 cm³/mol. The summed E-state index contributed by atoms with van der Waals surface area (Å²) in [5.41, 5.74) is 0.543. The first-order chi connectivity index (χ1) is 9.95. The SMILES string of the molecule is CCOC(=O)/C(NC(=O)c1ccccc1)=C(/C)NC(C)=O. The zero-order valence-corrected chi connectivity index (χ0v) is 12.2. The first-order valence-electron chi connectivity index (χ1n) is 6.47. The van der Waals surface area contributed by atoms with Crippen LogP contribution in [0.2, 0.25) is 0 Å².